The second-order valence-corrected chi connectivity index (χ2v) is 14.8. The van der Waals surface area contributed by atoms with E-state index in [0.29, 0.717) is 32.1 Å². The Morgan fingerprint density at radius 1 is 0.446 bits per heavy atom. The average molecular weight is 741 g/mol. The Labute approximate surface area is 332 Å². The van der Waals surface area contributed by atoms with Crippen LogP contribution in [-0.2, 0) is 35.6 Å². The van der Waals surface area contributed by atoms with E-state index in [4.69, 9.17) is 0 Å². The van der Waals surface area contributed by atoms with Gasteiger partial charge in [-0.3, -0.25) is 19.4 Å². The van der Waals surface area contributed by atoms with Crippen LogP contribution in [0.2, 0.25) is 0 Å². The van der Waals surface area contributed by atoms with Gasteiger partial charge in [-0.25, -0.2) is 0 Å². The zero-order valence-electron chi connectivity index (χ0n) is 32.1. The van der Waals surface area contributed by atoms with Crippen molar-refractivity contribution >= 4 is 11.8 Å². The minimum Gasteiger partial charge on any atom is -0.355 e. The second kappa shape index (κ2) is 19.7. The summed E-state index contributed by atoms with van der Waals surface area (Å²) in [6.45, 7) is 5.70. The van der Waals surface area contributed by atoms with Crippen molar-refractivity contribution in [2.75, 3.05) is 32.7 Å². The predicted octanol–water partition coefficient (Wildman–Crippen LogP) is 8.33. The number of amides is 2. The standard InChI is InChI=1S/2C25H26N2O/c28-25(19-27-16-15-20-9-7-8-14-23(20)18-27)26-17-24(21-10-3-1-4-11-21)22-12-5-2-6-13-22;28-25(19-27-17-22-13-7-8-14-23(22)18-27)26-16-15-24(20-9-3-1-4-10-20)21-11-5-2-6-12-21/h2*1-14,24H,15-19H2,(H,26,28). The minimum atomic E-state index is 0.0937. The first-order valence-electron chi connectivity index (χ1n) is 19.9. The van der Waals surface area contributed by atoms with E-state index in [1.807, 2.05) is 24.3 Å². The molecule has 6 heteroatoms. The molecular formula is C50H52N4O2. The summed E-state index contributed by atoms with van der Waals surface area (Å²) < 4.78 is 0. The summed E-state index contributed by atoms with van der Waals surface area (Å²) in [6.07, 6.45) is 1.90. The summed E-state index contributed by atoms with van der Waals surface area (Å²) in [5.41, 5.74) is 10.4. The van der Waals surface area contributed by atoms with Crippen LogP contribution in [-0.4, -0.2) is 54.3 Å². The van der Waals surface area contributed by atoms with Gasteiger partial charge in [0.25, 0.3) is 0 Å². The van der Waals surface area contributed by atoms with Gasteiger partial charge in [0, 0.05) is 51.1 Å². The molecule has 0 unspecified atom stereocenters. The SMILES string of the molecule is O=C(CN1CCc2ccccc2C1)NCC(c1ccccc1)c1ccccc1.O=C(CN1Cc2ccccc2C1)NCCC(c1ccccc1)c1ccccc1. The van der Waals surface area contributed by atoms with E-state index < -0.39 is 0 Å². The molecule has 284 valence electrons. The fourth-order valence-electron chi connectivity index (χ4n) is 7.99. The van der Waals surface area contributed by atoms with Crippen molar-refractivity contribution < 1.29 is 9.59 Å². The molecule has 6 aromatic carbocycles. The maximum absolute atomic E-state index is 12.6. The van der Waals surface area contributed by atoms with Gasteiger partial charge >= 0.3 is 0 Å². The third kappa shape index (κ3) is 10.7. The molecule has 6 aromatic rings. The fourth-order valence-corrected chi connectivity index (χ4v) is 7.99. The number of nitrogens with zero attached hydrogens (tertiary/aromatic N) is 2. The van der Waals surface area contributed by atoms with Crippen LogP contribution in [0, 0.1) is 0 Å². The van der Waals surface area contributed by atoms with E-state index in [9.17, 15) is 9.59 Å². The molecule has 2 aliphatic rings. The van der Waals surface area contributed by atoms with E-state index in [-0.39, 0.29) is 17.7 Å². The van der Waals surface area contributed by atoms with E-state index in [1.54, 1.807) is 0 Å². The van der Waals surface area contributed by atoms with Crippen LogP contribution < -0.4 is 10.6 Å². The van der Waals surface area contributed by atoms with Crippen LogP contribution >= 0.6 is 0 Å². The zero-order valence-corrected chi connectivity index (χ0v) is 32.1. The first kappa shape index (κ1) is 38.5. The molecular weight excluding hydrogens is 689 g/mol. The maximum Gasteiger partial charge on any atom is 0.234 e. The van der Waals surface area contributed by atoms with Gasteiger partial charge in [-0.2, -0.15) is 0 Å². The summed E-state index contributed by atoms with van der Waals surface area (Å²) in [4.78, 5) is 29.5. The van der Waals surface area contributed by atoms with E-state index in [2.05, 4.69) is 166 Å². The summed E-state index contributed by atoms with van der Waals surface area (Å²) >= 11 is 0. The number of nitrogens with one attached hydrogen (secondary N) is 2. The largest absolute Gasteiger partial charge is 0.355 e. The zero-order chi connectivity index (χ0) is 38.4. The summed E-state index contributed by atoms with van der Waals surface area (Å²) in [5.74, 6) is 0.649. The first-order chi connectivity index (χ1) is 27.6. The average Bonchev–Trinajstić information content (AvgIpc) is 3.66. The van der Waals surface area contributed by atoms with Gasteiger partial charge in [0.15, 0.2) is 0 Å². The Kier molecular flexibility index (Phi) is 13.5. The number of hydrogen-bond donors (Lipinski definition) is 2. The van der Waals surface area contributed by atoms with Gasteiger partial charge in [-0.05, 0) is 57.3 Å². The molecule has 6 nitrogen and oxygen atoms in total. The molecule has 56 heavy (non-hydrogen) atoms. The van der Waals surface area contributed by atoms with E-state index in [0.717, 1.165) is 39.0 Å². The summed E-state index contributed by atoms with van der Waals surface area (Å²) in [6, 6.07) is 58.8. The summed E-state index contributed by atoms with van der Waals surface area (Å²) in [7, 11) is 0. The lowest BCUT2D eigenvalue weighted by Gasteiger charge is -2.28. The minimum absolute atomic E-state index is 0.0937. The number of carbonyl (C=O) groups is 2. The van der Waals surface area contributed by atoms with Crippen molar-refractivity contribution in [3.63, 3.8) is 0 Å². The molecule has 2 heterocycles. The molecule has 0 fully saturated rings. The lowest BCUT2D eigenvalue weighted by atomic mass is 9.88. The second-order valence-electron chi connectivity index (χ2n) is 14.8. The highest BCUT2D eigenvalue weighted by molar-refractivity contribution is 5.78. The molecule has 8 rings (SSSR count). The number of fused-ring (bicyclic) bond motifs is 2. The molecule has 2 N–H and O–H groups in total. The van der Waals surface area contributed by atoms with Gasteiger partial charge in [-0.1, -0.05) is 170 Å². The molecule has 0 spiro atoms. The van der Waals surface area contributed by atoms with E-state index in [1.165, 1.54) is 44.5 Å². The Bertz CT molecular complexity index is 2020. The Balaban J connectivity index is 0.000000172. The van der Waals surface area contributed by atoms with Gasteiger partial charge < -0.3 is 10.6 Å². The van der Waals surface area contributed by atoms with Crippen molar-refractivity contribution in [2.24, 2.45) is 0 Å². The maximum atomic E-state index is 12.6. The predicted molar refractivity (Wildman–Crippen MR) is 226 cm³/mol. The number of hydrogen-bond acceptors (Lipinski definition) is 4. The lowest BCUT2D eigenvalue weighted by Crippen LogP contribution is -2.41. The molecule has 0 aromatic heterocycles. The normalized spacial score (nSPS) is 13.7. The molecule has 0 atom stereocenters. The highest BCUT2D eigenvalue weighted by Crippen LogP contribution is 2.28. The first-order valence-corrected chi connectivity index (χ1v) is 19.9. The topological polar surface area (TPSA) is 64.7 Å². The molecule has 0 aliphatic carbocycles. The molecule has 2 amide bonds. The van der Waals surface area contributed by atoms with Gasteiger partial charge in [0.1, 0.15) is 0 Å². The molecule has 0 saturated carbocycles. The van der Waals surface area contributed by atoms with Crippen LogP contribution in [0.4, 0.5) is 0 Å². The number of rotatable bonds is 13. The number of benzene rings is 6. The highest BCUT2D eigenvalue weighted by Gasteiger charge is 2.22. The molecule has 0 radical (unpaired) electrons. The number of carbonyl (C=O) groups excluding carboxylic acids is 2. The Morgan fingerprint density at radius 2 is 0.821 bits per heavy atom. The van der Waals surface area contributed by atoms with Gasteiger partial charge in [0.05, 0.1) is 13.1 Å². The van der Waals surface area contributed by atoms with Gasteiger partial charge in [0.2, 0.25) is 11.8 Å². The highest BCUT2D eigenvalue weighted by atomic mass is 16.2. The van der Waals surface area contributed by atoms with Crippen LogP contribution in [0.1, 0.15) is 62.8 Å². The van der Waals surface area contributed by atoms with Crippen molar-refractivity contribution in [2.45, 2.75) is 44.3 Å². The van der Waals surface area contributed by atoms with Crippen LogP contribution in [0.5, 0.6) is 0 Å². The monoisotopic (exact) mass is 740 g/mol. The molecule has 2 aliphatic heterocycles. The smallest absolute Gasteiger partial charge is 0.234 e. The summed E-state index contributed by atoms with van der Waals surface area (Å²) in [5, 5.41) is 6.30. The Morgan fingerprint density at radius 3 is 1.32 bits per heavy atom. The van der Waals surface area contributed by atoms with Crippen molar-refractivity contribution in [3.05, 3.63) is 214 Å². The van der Waals surface area contributed by atoms with Crippen LogP contribution in [0.15, 0.2) is 170 Å². The fraction of sp³-hybridized carbons (Fsp3) is 0.240. The molecule has 0 bridgehead atoms. The van der Waals surface area contributed by atoms with Crippen molar-refractivity contribution in [1.29, 1.82) is 0 Å². The van der Waals surface area contributed by atoms with Crippen molar-refractivity contribution in [1.82, 2.24) is 20.4 Å². The third-order valence-electron chi connectivity index (χ3n) is 10.9. The third-order valence-corrected chi connectivity index (χ3v) is 10.9. The van der Waals surface area contributed by atoms with Crippen LogP contribution in [0.25, 0.3) is 0 Å². The van der Waals surface area contributed by atoms with Crippen molar-refractivity contribution in [3.8, 4) is 0 Å². The van der Waals surface area contributed by atoms with Crippen LogP contribution in [0.3, 0.4) is 0 Å². The quantitative estimate of drug-likeness (QED) is 0.125. The Hall–Kier alpha value is -5.82. The van der Waals surface area contributed by atoms with E-state index >= 15 is 0 Å². The molecule has 0 saturated heterocycles. The lowest BCUT2D eigenvalue weighted by molar-refractivity contribution is -0.123. The van der Waals surface area contributed by atoms with Gasteiger partial charge in [-0.15, -0.1) is 0 Å².